The van der Waals surface area contributed by atoms with Gasteiger partial charge < -0.3 is 5.73 Å². The number of halogens is 1. The van der Waals surface area contributed by atoms with Crippen LogP contribution in [0.1, 0.15) is 17.5 Å². The Bertz CT molecular complexity index is 931. The average Bonchev–Trinajstić information content (AvgIpc) is 2.54. The van der Waals surface area contributed by atoms with Crippen LogP contribution in [0.15, 0.2) is 41.3 Å². The number of aryl methyl sites for hydroxylation is 1. The molecule has 3 rings (SSSR count). The Kier molecular flexibility index (Phi) is 5.24. The lowest BCUT2D eigenvalue weighted by Crippen LogP contribution is -2.36. The van der Waals surface area contributed by atoms with Crippen LogP contribution in [-0.2, 0) is 16.4 Å². The highest BCUT2D eigenvalue weighted by Crippen LogP contribution is 2.36. The van der Waals surface area contributed by atoms with Crippen molar-refractivity contribution < 1.29 is 13.3 Å². The molecule has 0 unspecified atom stereocenters. The number of rotatable bonds is 3. The number of hydrogen-bond acceptors (Lipinski definition) is 5. The highest BCUT2D eigenvalue weighted by atomic mass is 35.5. The van der Waals surface area contributed by atoms with Crippen molar-refractivity contribution in [2.75, 3.05) is 16.6 Å². The minimum atomic E-state index is -3.81. The molecule has 0 spiro atoms. The molecule has 9 heteroatoms. The van der Waals surface area contributed by atoms with E-state index in [0.717, 1.165) is 12.0 Å². The third kappa shape index (κ3) is 3.27. The molecule has 0 atom stereocenters. The van der Waals surface area contributed by atoms with Crippen LogP contribution < -0.4 is 10.0 Å². The van der Waals surface area contributed by atoms with Gasteiger partial charge in [0.2, 0.25) is 0 Å². The summed E-state index contributed by atoms with van der Waals surface area (Å²) in [5.74, 6) is 0. The van der Waals surface area contributed by atoms with Crippen molar-refractivity contribution in [1.29, 1.82) is 0 Å². The van der Waals surface area contributed by atoms with Crippen LogP contribution in [0, 0.1) is 17.0 Å². The molecule has 1 aliphatic rings. The van der Waals surface area contributed by atoms with Gasteiger partial charge in [-0.2, -0.15) is 0 Å². The second-order valence-electron chi connectivity index (χ2n) is 5.73. The first kappa shape index (κ1) is 19.0. The van der Waals surface area contributed by atoms with Crippen molar-refractivity contribution in [3.63, 3.8) is 0 Å². The summed E-state index contributed by atoms with van der Waals surface area (Å²) in [5.41, 5.74) is 8.17. The van der Waals surface area contributed by atoms with Crippen molar-refractivity contribution in [3.05, 3.63) is 57.6 Å². The molecule has 0 amide bonds. The van der Waals surface area contributed by atoms with E-state index in [4.69, 9.17) is 5.73 Å². The lowest BCUT2D eigenvalue weighted by Gasteiger charge is -2.31. The fourth-order valence-electron chi connectivity index (χ4n) is 3.02. The highest BCUT2D eigenvalue weighted by molar-refractivity contribution is 7.92. The Morgan fingerprint density at radius 3 is 2.60 bits per heavy atom. The van der Waals surface area contributed by atoms with E-state index in [1.165, 1.54) is 22.5 Å². The summed E-state index contributed by atoms with van der Waals surface area (Å²) in [5, 5.41) is 10.8. The monoisotopic (exact) mass is 383 g/mol. The van der Waals surface area contributed by atoms with Crippen molar-refractivity contribution in [2.24, 2.45) is 0 Å². The van der Waals surface area contributed by atoms with Crippen molar-refractivity contribution >= 4 is 39.5 Å². The van der Waals surface area contributed by atoms with Gasteiger partial charge in [0.1, 0.15) is 0 Å². The lowest BCUT2D eigenvalue weighted by molar-refractivity contribution is -0.385. The number of non-ortho nitro benzene ring substituents is 1. The van der Waals surface area contributed by atoms with E-state index in [1.807, 2.05) is 0 Å². The van der Waals surface area contributed by atoms with E-state index in [-0.39, 0.29) is 23.0 Å². The Morgan fingerprint density at radius 1 is 1.24 bits per heavy atom. The first-order chi connectivity index (χ1) is 11.3. The number of fused-ring (bicyclic) bond motifs is 1. The second-order valence-corrected chi connectivity index (χ2v) is 7.56. The van der Waals surface area contributed by atoms with Crippen LogP contribution in [0.2, 0.25) is 0 Å². The SMILES string of the molecule is Cc1cc([N+](=O)[O-])ccc1S(=O)(=O)N1CCCc2c(N)cccc21.Cl. The highest BCUT2D eigenvalue weighted by Gasteiger charge is 2.31. The zero-order valence-electron chi connectivity index (χ0n) is 13.5. The van der Waals surface area contributed by atoms with E-state index < -0.39 is 14.9 Å². The fourth-order valence-corrected chi connectivity index (χ4v) is 4.77. The molecule has 0 bridgehead atoms. The summed E-state index contributed by atoms with van der Waals surface area (Å²) >= 11 is 0. The van der Waals surface area contributed by atoms with E-state index in [1.54, 1.807) is 25.1 Å². The predicted octanol–water partition coefficient (Wildman–Crippen LogP) is 3.05. The summed E-state index contributed by atoms with van der Waals surface area (Å²) in [4.78, 5) is 10.4. The van der Waals surface area contributed by atoms with Crippen LogP contribution >= 0.6 is 12.4 Å². The van der Waals surface area contributed by atoms with Crippen LogP contribution in [0.5, 0.6) is 0 Å². The van der Waals surface area contributed by atoms with Gasteiger partial charge in [-0.25, -0.2) is 8.42 Å². The van der Waals surface area contributed by atoms with E-state index in [0.29, 0.717) is 29.9 Å². The van der Waals surface area contributed by atoms with Gasteiger partial charge in [-0.05, 0) is 49.1 Å². The molecule has 0 saturated carbocycles. The van der Waals surface area contributed by atoms with Crippen LogP contribution in [0.3, 0.4) is 0 Å². The fraction of sp³-hybridized carbons (Fsp3) is 0.250. The van der Waals surface area contributed by atoms with Gasteiger partial charge in [-0.3, -0.25) is 14.4 Å². The van der Waals surface area contributed by atoms with Gasteiger partial charge in [0, 0.05) is 24.4 Å². The lowest BCUT2D eigenvalue weighted by atomic mass is 10.0. The topological polar surface area (TPSA) is 107 Å². The molecule has 0 aromatic heterocycles. The van der Waals surface area contributed by atoms with Gasteiger partial charge in [-0.1, -0.05) is 6.07 Å². The summed E-state index contributed by atoms with van der Waals surface area (Å²) in [7, 11) is -3.81. The van der Waals surface area contributed by atoms with Crippen LogP contribution in [0.4, 0.5) is 17.1 Å². The zero-order chi connectivity index (χ0) is 17.5. The Labute approximate surface area is 152 Å². The van der Waals surface area contributed by atoms with Crippen molar-refractivity contribution in [3.8, 4) is 0 Å². The Balaban J connectivity index is 0.00000225. The number of anilines is 2. The van der Waals surface area contributed by atoms with Crippen LogP contribution in [0.25, 0.3) is 0 Å². The summed E-state index contributed by atoms with van der Waals surface area (Å²) in [6.45, 7) is 1.92. The molecule has 0 fully saturated rings. The van der Waals surface area contributed by atoms with Gasteiger partial charge in [-0.15, -0.1) is 12.4 Å². The van der Waals surface area contributed by atoms with Gasteiger partial charge in [0.05, 0.1) is 15.5 Å². The third-order valence-corrected chi connectivity index (χ3v) is 6.15. The minimum absolute atomic E-state index is 0. The number of nitrogens with two attached hydrogens (primary N) is 1. The molecule has 0 saturated heterocycles. The van der Waals surface area contributed by atoms with Crippen molar-refractivity contribution in [1.82, 2.24) is 0 Å². The molecule has 7 nitrogen and oxygen atoms in total. The molecule has 1 heterocycles. The number of benzene rings is 2. The minimum Gasteiger partial charge on any atom is -0.398 e. The number of sulfonamides is 1. The molecule has 25 heavy (non-hydrogen) atoms. The molecule has 0 radical (unpaired) electrons. The van der Waals surface area contributed by atoms with Crippen molar-refractivity contribution in [2.45, 2.75) is 24.7 Å². The van der Waals surface area contributed by atoms with E-state index >= 15 is 0 Å². The second kappa shape index (κ2) is 6.89. The maximum absolute atomic E-state index is 13.1. The Hall–Kier alpha value is -2.32. The van der Waals surface area contributed by atoms with Gasteiger partial charge >= 0.3 is 0 Å². The smallest absolute Gasteiger partial charge is 0.269 e. The number of hydrogen-bond donors (Lipinski definition) is 1. The standard InChI is InChI=1S/C16H17N3O4S.ClH/c1-11-10-12(19(20)21)7-8-16(11)24(22,23)18-9-3-4-13-14(17)5-2-6-15(13)18;/h2,5-8,10H,3-4,9,17H2,1H3;1H. The predicted molar refractivity (Wildman–Crippen MR) is 98.8 cm³/mol. The van der Waals surface area contributed by atoms with E-state index in [9.17, 15) is 18.5 Å². The molecular formula is C16H18ClN3O4S. The number of nitrogens with zero attached hydrogens (tertiary/aromatic N) is 2. The quantitative estimate of drug-likeness (QED) is 0.498. The maximum atomic E-state index is 13.1. The number of nitro groups is 1. The summed E-state index contributed by atoms with van der Waals surface area (Å²) < 4.78 is 27.5. The Morgan fingerprint density at radius 2 is 1.96 bits per heavy atom. The maximum Gasteiger partial charge on any atom is 0.269 e. The molecule has 2 aromatic carbocycles. The molecular weight excluding hydrogens is 366 g/mol. The molecule has 2 aromatic rings. The molecule has 2 N–H and O–H groups in total. The zero-order valence-corrected chi connectivity index (χ0v) is 15.1. The van der Waals surface area contributed by atoms with Crippen LogP contribution in [-0.4, -0.2) is 19.9 Å². The van der Waals surface area contributed by atoms with Gasteiger partial charge in [0.25, 0.3) is 15.7 Å². The molecule has 134 valence electrons. The summed E-state index contributed by atoms with van der Waals surface area (Å²) in [6, 6.07) is 9.00. The largest absolute Gasteiger partial charge is 0.398 e. The first-order valence-corrected chi connectivity index (χ1v) is 8.91. The summed E-state index contributed by atoms with van der Waals surface area (Å²) in [6.07, 6.45) is 1.40. The average molecular weight is 384 g/mol. The van der Waals surface area contributed by atoms with Gasteiger partial charge in [0.15, 0.2) is 0 Å². The number of nitro benzene ring substituents is 1. The first-order valence-electron chi connectivity index (χ1n) is 7.47. The third-order valence-electron chi connectivity index (χ3n) is 4.18. The molecule has 1 aliphatic heterocycles. The molecule has 0 aliphatic carbocycles. The normalized spacial score (nSPS) is 13.7. The van der Waals surface area contributed by atoms with E-state index in [2.05, 4.69) is 0 Å². The number of nitrogen functional groups attached to an aromatic ring is 1.